The van der Waals surface area contributed by atoms with Gasteiger partial charge in [-0.3, -0.25) is 4.79 Å². The summed E-state index contributed by atoms with van der Waals surface area (Å²) < 4.78 is 0. The largest absolute Gasteiger partial charge is 0.481 e. The Morgan fingerprint density at radius 3 is 2.45 bits per heavy atom. The van der Waals surface area contributed by atoms with E-state index in [1.165, 1.54) is 11.9 Å². The highest BCUT2D eigenvalue weighted by Gasteiger charge is 2.47. The van der Waals surface area contributed by atoms with E-state index in [1.807, 2.05) is 12.3 Å². The van der Waals surface area contributed by atoms with Gasteiger partial charge in [-0.05, 0) is 62.0 Å². The number of carbonyl (C=O) groups is 1. The Kier molecular flexibility index (Phi) is 6.54. The van der Waals surface area contributed by atoms with Crippen LogP contribution >= 0.6 is 11.6 Å². The summed E-state index contributed by atoms with van der Waals surface area (Å²) in [5, 5.41) is 10.5. The molecule has 2 bridgehead atoms. The van der Waals surface area contributed by atoms with Gasteiger partial charge in [-0.25, -0.2) is 19.9 Å². The summed E-state index contributed by atoms with van der Waals surface area (Å²) >= 11 is 6.20. The predicted octanol–water partition coefficient (Wildman–Crippen LogP) is 5.07. The maximum absolute atomic E-state index is 12.4. The van der Waals surface area contributed by atoms with Crippen LogP contribution in [0.5, 0.6) is 0 Å². The van der Waals surface area contributed by atoms with Crippen molar-refractivity contribution < 1.29 is 9.90 Å². The van der Waals surface area contributed by atoms with Gasteiger partial charge in [-0.15, -0.1) is 0 Å². The number of fused-ring (bicyclic) bond motifs is 4. The minimum absolute atomic E-state index is 0.0905. The van der Waals surface area contributed by atoms with Crippen LogP contribution in [0.25, 0.3) is 22.6 Å². The number of hydrogen-bond acceptors (Lipinski definition) is 7. The van der Waals surface area contributed by atoms with Gasteiger partial charge >= 0.3 is 5.97 Å². The molecule has 8 rings (SSSR count). The van der Waals surface area contributed by atoms with Crippen molar-refractivity contribution in [3.8, 4) is 11.4 Å². The predicted molar refractivity (Wildman–Crippen MR) is 155 cm³/mol. The van der Waals surface area contributed by atoms with Crippen molar-refractivity contribution >= 4 is 40.2 Å². The van der Waals surface area contributed by atoms with E-state index in [0.717, 1.165) is 68.9 Å². The molecule has 3 aliphatic carbocycles. The summed E-state index contributed by atoms with van der Waals surface area (Å²) in [5.41, 5.74) is 4.12. The Hall–Kier alpha value is -3.72. The van der Waals surface area contributed by atoms with Crippen LogP contribution in [0.3, 0.4) is 0 Å². The number of carboxylic acids is 1. The molecule has 3 saturated carbocycles. The van der Waals surface area contributed by atoms with Crippen LogP contribution < -0.4 is 9.80 Å². The van der Waals surface area contributed by atoms with Crippen LogP contribution in [0, 0.1) is 23.7 Å². The number of nitrogens with zero attached hydrogens (tertiary/aromatic N) is 6. The maximum Gasteiger partial charge on any atom is 0.307 e. The number of aromatic nitrogens is 5. The van der Waals surface area contributed by atoms with E-state index in [2.05, 4.69) is 55.1 Å². The Morgan fingerprint density at radius 1 is 0.975 bits per heavy atom. The zero-order chi connectivity index (χ0) is 27.2. The van der Waals surface area contributed by atoms with Gasteiger partial charge < -0.3 is 19.9 Å². The number of piperazine rings is 1. The normalized spacial score (nSPS) is 24.5. The molecule has 206 valence electrons. The van der Waals surface area contributed by atoms with Crippen LogP contribution in [0.2, 0.25) is 5.15 Å². The Balaban J connectivity index is 1.24. The monoisotopic (exact) mass is 557 g/mol. The number of H-pyrrole nitrogens is 1. The second kappa shape index (κ2) is 10.4. The Labute approximate surface area is 237 Å². The summed E-state index contributed by atoms with van der Waals surface area (Å²) in [5.74, 6) is 1.26. The molecule has 40 heavy (non-hydrogen) atoms. The highest BCUT2D eigenvalue weighted by atomic mass is 35.5. The highest BCUT2D eigenvalue weighted by Crippen LogP contribution is 2.50. The lowest BCUT2D eigenvalue weighted by Gasteiger charge is -2.47. The number of para-hydroxylation sites is 1. The van der Waals surface area contributed by atoms with E-state index < -0.39 is 5.97 Å². The average molecular weight is 558 g/mol. The molecule has 0 spiro atoms. The third kappa shape index (κ3) is 4.66. The summed E-state index contributed by atoms with van der Waals surface area (Å²) in [6.07, 6.45) is 8.27. The number of rotatable bonds is 6. The molecule has 3 aromatic heterocycles. The first-order chi connectivity index (χ1) is 19.5. The van der Waals surface area contributed by atoms with Crippen LogP contribution in [0.4, 0.5) is 11.5 Å². The summed E-state index contributed by atoms with van der Waals surface area (Å²) in [6, 6.07) is 12.6. The van der Waals surface area contributed by atoms with Crippen LogP contribution in [-0.4, -0.2) is 62.2 Å². The van der Waals surface area contributed by atoms with Crippen molar-refractivity contribution in [2.75, 3.05) is 36.0 Å². The number of anilines is 2. The highest BCUT2D eigenvalue weighted by molar-refractivity contribution is 6.29. The molecule has 4 aromatic rings. The molecule has 2 atom stereocenters. The zero-order valence-corrected chi connectivity index (χ0v) is 23.0. The molecular formula is C30H32ClN7O2. The number of hydrogen-bond donors (Lipinski definition) is 2. The number of nitrogens with one attached hydrogen (secondary N) is 1. The first-order valence-electron chi connectivity index (χ1n) is 14.2. The number of aromatic amines is 1. The Morgan fingerprint density at radius 2 is 1.70 bits per heavy atom. The molecule has 4 aliphatic rings. The fraction of sp³-hybridized carbons (Fsp3) is 0.433. The molecule has 1 aliphatic heterocycles. The minimum atomic E-state index is -0.660. The number of benzene rings is 1. The van der Waals surface area contributed by atoms with Crippen LogP contribution in [-0.2, 0) is 11.2 Å². The van der Waals surface area contributed by atoms with E-state index >= 15 is 0 Å². The fourth-order valence-corrected chi connectivity index (χ4v) is 7.37. The van der Waals surface area contributed by atoms with E-state index in [4.69, 9.17) is 21.6 Å². The molecule has 10 heteroatoms. The molecule has 0 radical (unpaired) electrons. The Bertz CT molecular complexity index is 1530. The summed E-state index contributed by atoms with van der Waals surface area (Å²) in [4.78, 5) is 39.1. The van der Waals surface area contributed by atoms with E-state index in [1.54, 1.807) is 0 Å². The third-order valence-electron chi connectivity index (χ3n) is 9.20. The van der Waals surface area contributed by atoms with Gasteiger partial charge in [-0.2, -0.15) is 0 Å². The number of halogens is 1. The second-order valence-corrected chi connectivity index (χ2v) is 11.7. The molecule has 1 aromatic carbocycles. The van der Waals surface area contributed by atoms with Gasteiger partial charge in [0.1, 0.15) is 16.5 Å². The van der Waals surface area contributed by atoms with Gasteiger partial charge in [0.25, 0.3) is 0 Å². The van der Waals surface area contributed by atoms with Gasteiger partial charge in [0.2, 0.25) is 0 Å². The molecular weight excluding hydrogens is 526 g/mol. The molecule has 4 heterocycles. The second-order valence-electron chi connectivity index (χ2n) is 11.3. The van der Waals surface area contributed by atoms with Crippen molar-refractivity contribution in [2.45, 2.75) is 32.1 Å². The van der Waals surface area contributed by atoms with Crippen molar-refractivity contribution in [2.24, 2.45) is 23.7 Å². The van der Waals surface area contributed by atoms with Gasteiger partial charge in [-0.1, -0.05) is 29.8 Å². The maximum atomic E-state index is 12.4. The number of aliphatic carboxylic acids is 1. The van der Waals surface area contributed by atoms with Crippen molar-refractivity contribution in [1.82, 2.24) is 24.9 Å². The number of carboxylic acid groups (broad SMARTS) is 1. The molecule has 9 nitrogen and oxygen atoms in total. The lowest BCUT2D eigenvalue weighted by atomic mass is 9.57. The first-order valence-corrected chi connectivity index (χ1v) is 14.6. The van der Waals surface area contributed by atoms with E-state index in [0.29, 0.717) is 34.5 Å². The standard InChI is InChI=1S/C30H32ClN7O2/c31-24-17-33-29-27(35-24)23(16-32-29)28-34-20(14-22-18-6-8-19(9-7-18)26(22)30(39)40)15-25(36-28)38-12-10-37(11-13-38)21-4-2-1-3-5-21/h1-5,15-19,22,26H,6-14H2,(H,32,33)(H,39,40)/t18?,19?,22-,26-/m0/s1. The summed E-state index contributed by atoms with van der Waals surface area (Å²) in [7, 11) is 0. The smallest absolute Gasteiger partial charge is 0.307 e. The topological polar surface area (TPSA) is 111 Å². The van der Waals surface area contributed by atoms with E-state index in [9.17, 15) is 9.90 Å². The van der Waals surface area contributed by atoms with Crippen molar-refractivity contribution in [1.29, 1.82) is 0 Å². The zero-order valence-electron chi connectivity index (χ0n) is 22.2. The molecule has 1 saturated heterocycles. The molecule has 0 amide bonds. The van der Waals surface area contributed by atoms with E-state index in [-0.39, 0.29) is 17.8 Å². The SMILES string of the molecule is O=C(O)[C@H]1C2CCC(CC2)[C@@H]1Cc1cc(N2CCN(c3ccccc3)CC2)nc(-c2c[nH]c3ncc(Cl)nc23)n1. The third-order valence-corrected chi connectivity index (χ3v) is 9.39. The summed E-state index contributed by atoms with van der Waals surface area (Å²) in [6.45, 7) is 3.44. The molecule has 2 N–H and O–H groups in total. The lowest BCUT2D eigenvalue weighted by Crippen LogP contribution is -2.47. The van der Waals surface area contributed by atoms with Gasteiger partial charge in [0.15, 0.2) is 11.5 Å². The van der Waals surface area contributed by atoms with Gasteiger partial charge in [0.05, 0.1) is 17.7 Å². The quantitative estimate of drug-likeness (QED) is 0.338. The molecule has 4 fully saturated rings. The van der Waals surface area contributed by atoms with Crippen molar-refractivity contribution in [3.63, 3.8) is 0 Å². The average Bonchev–Trinajstić information content (AvgIpc) is 3.41. The van der Waals surface area contributed by atoms with Gasteiger partial charge in [0, 0.05) is 49.8 Å². The first kappa shape index (κ1) is 25.3. The van der Waals surface area contributed by atoms with Crippen LogP contribution in [0.1, 0.15) is 31.4 Å². The fourth-order valence-electron chi connectivity index (χ4n) is 7.24. The van der Waals surface area contributed by atoms with Crippen molar-refractivity contribution in [3.05, 3.63) is 59.6 Å². The lowest BCUT2D eigenvalue weighted by molar-refractivity contribution is -0.152. The minimum Gasteiger partial charge on any atom is -0.481 e. The van der Waals surface area contributed by atoms with Crippen LogP contribution in [0.15, 0.2) is 48.8 Å². The molecule has 0 unspecified atom stereocenters.